The summed E-state index contributed by atoms with van der Waals surface area (Å²) in [6.45, 7) is 8.83. The van der Waals surface area contributed by atoms with E-state index < -0.39 is 0 Å². The molecule has 3 heterocycles. The summed E-state index contributed by atoms with van der Waals surface area (Å²) in [6, 6.07) is 11.7. The molecule has 4 rings (SSSR count). The predicted molar refractivity (Wildman–Crippen MR) is 81.5 cm³/mol. The Morgan fingerprint density at radius 2 is 1.75 bits per heavy atom. The zero-order valence-electron chi connectivity index (χ0n) is 12.2. The Morgan fingerprint density at radius 3 is 2.50 bits per heavy atom. The van der Waals surface area contributed by atoms with E-state index in [0.29, 0.717) is 0 Å². The molecule has 3 aliphatic heterocycles. The first-order valence-corrected chi connectivity index (χ1v) is 8.09. The highest BCUT2D eigenvalue weighted by Crippen LogP contribution is 2.30. The number of fused-ring (bicyclic) bond motifs is 1. The third-order valence-corrected chi connectivity index (χ3v) is 5.43. The maximum Gasteiger partial charge on any atom is 0.0235 e. The van der Waals surface area contributed by atoms with Gasteiger partial charge in [0.1, 0.15) is 0 Å². The van der Waals surface area contributed by atoms with E-state index in [1.807, 2.05) is 0 Å². The fourth-order valence-corrected chi connectivity index (χ4v) is 4.29. The maximum absolute atomic E-state index is 3.54. The van der Waals surface area contributed by atoms with Crippen molar-refractivity contribution in [3.05, 3.63) is 35.9 Å². The highest BCUT2D eigenvalue weighted by atomic mass is 15.3. The number of nitrogens with one attached hydrogen (secondary N) is 1. The van der Waals surface area contributed by atoms with E-state index >= 15 is 0 Å². The first-order chi connectivity index (χ1) is 9.88. The van der Waals surface area contributed by atoms with Gasteiger partial charge in [0.05, 0.1) is 0 Å². The lowest BCUT2D eigenvalue weighted by atomic mass is 10.0. The van der Waals surface area contributed by atoms with Crippen LogP contribution in [0.2, 0.25) is 0 Å². The highest BCUT2D eigenvalue weighted by Gasteiger charge is 2.40. The van der Waals surface area contributed by atoms with Gasteiger partial charge in [-0.25, -0.2) is 0 Å². The molecular weight excluding hydrogens is 246 g/mol. The Hall–Kier alpha value is -0.900. The lowest BCUT2D eigenvalue weighted by Gasteiger charge is -2.25. The lowest BCUT2D eigenvalue weighted by Crippen LogP contribution is -2.37. The van der Waals surface area contributed by atoms with Gasteiger partial charge in [0.25, 0.3) is 0 Å². The van der Waals surface area contributed by atoms with E-state index in [2.05, 4.69) is 45.4 Å². The third kappa shape index (κ3) is 2.50. The van der Waals surface area contributed by atoms with Gasteiger partial charge < -0.3 is 5.32 Å². The molecule has 3 aliphatic rings. The van der Waals surface area contributed by atoms with Gasteiger partial charge in [-0.3, -0.25) is 9.80 Å². The summed E-state index contributed by atoms with van der Waals surface area (Å²) in [7, 11) is 0. The van der Waals surface area contributed by atoms with Crippen molar-refractivity contribution in [2.45, 2.75) is 19.0 Å². The minimum atomic E-state index is 0.810. The second-order valence-electron chi connectivity index (χ2n) is 6.80. The monoisotopic (exact) mass is 271 g/mol. The molecule has 3 saturated heterocycles. The third-order valence-electron chi connectivity index (χ3n) is 5.43. The SMILES string of the molecule is c1ccc(CN2CCC(N3CC4CNCC4C3)C2)cc1. The smallest absolute Gasteiger partial charge is 0.0235 e. The van der Waals surface area contributed by atoms with Crippen molar-refractivity contribution in [1.82, 2.24) is 15.1 Å². The fraction of sp³-hybridized carbons (Fsp3) is 0.647. The zero-order valence-corrected chi connectivity index (χ0v) is 12.2. The van der Waals surface area contributed by atoms with Crippen molar-refractivity contribution >= 4 is 0 Å². The van der Waals surface area contributed by atoms with Crippen LogP contribution in [0, 0.1) is 11.8 Å². The van der Waals surface area contributed by atoms with E-state index in [1.54, 1.807) is 0 Å². The van der Waals surface area contributed by atoms with Gasteiger partial charge in [0.2, 0.25) is 0 Å². The number of hydrogen-bond acceptors (Lipinski definition) is 3. The summed E-state index contributed by atoms with van der Waals surface area (Å²) >= 11 is 0. The average molecular weight is 271 g/mol. The second-order valence-corrected chi connectivity index (χ2v) is 6.80. The number of hydrogen-bond donors (Lipinski definition) is 1. The molecule has 1 N–H and O–H groups in total. The molecule has 0 aromatic heterocycles. The Kier molecular flexibility index (Phi) is 3.51. The van der Waals surface area contributed by atoms with Crippen molar-refractivity contribution in [1.29, 1.82) is 0 Å². The van der Waals surface area contributed by atoms with Crippen LogP contribution in [0.1, 0.15) is 12.0 Å². The molecule has 108 valence electrons. The molecule has 0 aliphatic carbocycles. The van der Waals surface area contributed by atoms with E-state index in [9.17, 15) is 0 Å². The largest absolute Gasteiger partial charge is 0.316 e. The molecule has 3 fully saturated rings. The van der Waals surface area contributed by atoms with Crippen LogP contribution in [0.25, 0.3) is 0 Å². The van der Waals surface area contributed by atoms with Crippen LogP contribution in [0.3, 0.4) is 0 Å². The Bertz CT molecular complexity index is 435. The van der Waals surface area contributed by atoms with Gasteiger partial charge in [-0.05, 0) is 36.9 Å². The van der Waals surface area contributed by atoms with Crippen LogP contribution in [-0.4, -0.2) is 55.1 Å². The highest BCUT2D eigenvalue weighted by molar-refractivity contribution is 5.14. The predicted octanol–water partition coefficient (Wildman–Crippen LogP) is 1.41. The number of benzene rings is 1. The summed E-state index contributed by atoms with van der Waals surface area (Å²) in [5, 5.41) is 3.54. The molecule has 1 aromatic rings. The summed E-state index contributed by atoms with van der Waals surface area (Å²) in [4.78, 5) is 5.41. The second kappa shape index (κ2) is 5.47. The van der Waals surface area contributed by atoms with Gasteiger partial charge in [0.15, 0.2) is 0 Å². The summed E-state index contributed by atoms with van der Waals surface area (Å²) in [6.07, 6.45) is 1.36. The van der Waals surface area contributed by atoms with E-state index in [1.165, 1.54) is 51.3 Å². The molecule has 0 radical (unpaired) electrons. The van der Waals surface area contributed by atoms with Gasteiger partial charge in [-0.15, -0.1) is 0 Å². The molecule has 0 bridgehead atoms. The summed E-state index contributed by atoms with van der Waals surface area (Å²) in [5.74, 6) is 1.86. The molecule has 20 heavy (non-hydrogen) atoms. The van der Waals surface area contributed by atoms with Crippen LogP contribution in [0.4, 0.5) is 0 Å². The van der Waals surface area contributed by atoms with E-state index in [4.69, 9.17) is 0 Å². The minimum Gasteiger partial charge on any atom is -0.316 e. The topological polar surface area (TPSA) is 18.5 Å². The molecule has 3 heteroatoms. The van der Waals surface area contributed by atoms with Crippen LogP contribution >= 0.6 is 0 Å². The van der Waals surface area contributed by atoms with Crippen molar-refractivity contribution in [3.63, 3.8) is 0 Å². The quantitative estimate of drug-likeness (QED) is 0.897. The van der Waals surface area contributed by atoms with Crippen molar-refractivity contribution < 1.29 is 0 Å². The number of rotatable bonds is 3. The van der Waals surface area contributed by atoms with Crippen molar-refractivity contribution in [3.8, 4) is 0 Å². The Morgan fingerprint density at radius 1 is 1.00 bits per heavy atom. The molecule has 3 unspecified atom stereocenters. The van der Waals surface area contributed by atoms with Crippen LogP contribution in [0.15, 0.2) is 30.3 Å². The van der Waals surface area contributed by atoms with Gasteiger partial charge in [-0.1, -0.05) is 30.3 Å². The van der Waals surface area contributed by atoms with Crippen molar-refractivity contribution in [2.75, 3.05) is 39.3 Å². The van der Waals surface area contributed by atoms with Gasteiger partial charge in [-0.2, -0.15) is 0 Å². The first-order valence-electron chi connectivity index (χ1n) is 8.09. The molecule has 3 nitrogen and oxygen atoms in total. The molecule has 3 atom stereocenters. The minimum absolute atomic E-state index is 0.810. The lowest BCUT2D eigenvalue weighted by molar-refractivity contribution is 0.216. The number of nitrogens with zero attached hydrogens (tertiary/aromatic N) is 2. The van der Waals surface area contributed by atoms with E-state index in [-0.39, 0.29) is 0 Å². The normalized spacial score (nSPS) is 34.7. The molecule has 1 aromatic carbocycles. The summed E-state index contributed by atoms with van der Waals surface area (Å²) < 4.78 is 0. The molecule has 0 amide bonds. The van der Waals surface area contributed by atoms with Crippen molar-refractivity contribution in [2.24, 2.45) is 11.8 Å². The molecular formula is C17H25N3. The van der Waals surface area contributed by atoms with Crippen LogP contribution < -0.4 is 5.32 Å². The Labute approximate surface area is 121 Å². The van der Waals surface area contributed by atoms with Gasteiger partial charge >= 0.3 is 0 Å². The van der Waals surface area contributed by atoms with E-state index in [0.717, 1.165) is 24.4 Å². The maximum atomic E-state index is 3.54. The first kappa shape index (κ1) is 12.8. The fourth-order valence-electron chi connectivity index (χ4n) is 4.29. The van der Waals surface area contributed by atoms with Gasteiger partial charge in [0, 0.05) is 38.8 Å². The summed E-state index contributed by atoms with van der Waals surface area (Å²) in [5.41, 5.74) is 1.45. The van der Waals surface area contributed by atoms with Crippen LogP contribution in [0.5, 0.6) is 0 Å². The Balaban J connectivity index is 1.32. The zero-order chi connectivity index (χ0) is 13.4. The molecule has 0 saturated carbocycles. The standard InChI is InChI=1S/C17H25N3/c1-2-4-14(5-3-1)10-19-7-6-17(13-19)20-11-15-8-18-9-16(15)12-20/h1-5,15-18H,6-13H2. The average Bonchev–Trinajstić information content (AvgIpc) is 3.13. The van der Waals surface area contributed by atoms with Crippen LogP contribution in [-0.2, 0) is 6.54 Å². The number of likely N-dealkylation sites (tertiary alicyclic amines) is 2. The molecule has 0 spiro atoms.